The van der Waals surface area contributed by atoms with Gasteiger partial charge in [-0.2, -0.15) is 0 Å². The third-order valence-corrected chi connectivity index (χ3v) is 4.89. The molecule has 0 unspecified atom stereocenters. The summed E-state index contributed by atoms with van der Waals surface area (Å²) in [6, 6.07) is 7.50. The first-order valence-corrected chi connectivity index (χ1v) is 8.76. The molecule has 0 atom stereocenters. The summed E-state index contributed by atoms with van der Waals surface area (Å²) >= 11 is 7.42. The predicted molar refractivity (Wildman–Crippen MR) is 93.9 cm³/mol. The maximum absolute atomic E-state index is 12.0. The number of amides is 2. The second-order valence-corrected chi connectivity index (χ2v) is 7.03. The van der Waals surface area contributed by atoms with E-state index < -0.39 is 0 Å². The average Bonchev–Trinajstić information content (AvgIpc) is 3.03. The van der Waals surface area contributed by atoms with Gasteiger partial charge in [0.05, 0.1) is 19.6 Å². The number of nitrogens with zero attached hydrogens (tertiary/aromatic N) is 2. The summed E-state index contributed by atoms with van der Waals surface area (Å²) in [5, 5.41) is 7.19. The molecule has 2 heterocycles. The van der Waals surface area contributed by atoms with Gasteiger partial charge in [0.15, 0.2) is 0 Å². The predicted octanol–water partition coefficient (Wildman–Crippen LogP) is 1.51. The smallest absolute Gasteiger partial charge is 0.234 e. The van der Waals surface area contributed by atoms with E-state index in [1.165, 1.54) is 11.3 Å². The van der Waals surface area contributed by atoms with Crippen molar-refractivity contribution in [2.24, 2.45) is 0 Å². The molecule has 1 saturated heterocycles. The topological polar surface area (TPSA) is 74.3 Å². The quantitative estimate of drug-likeness (QED) is 0.843. The van der Waals surface area contributed by atoms with Crippen LogP contribution in [0.15, 0.2) is 30.5 Å². The Morgan fingerprint density at radius 1 is 1.38 bits per heavy atom. The number of hydrogen-bond acceptors (Lipinski definition) is 5. The number of thiazole rings is 1. The monoisotopic (exact) mass is 364 g/mol. The normalized spacial score (nSPS) is 15.1. The third kappa shape index (κ3) is 4.53. The molecule has 3 rings (SSSR count). The molecule has 1 aromatic heterocycles. The lowest BCUT2D eigenvalue weighted by Crippen LogP contribution is -2.50. The first kappa shape index (κ1) is 16.9. The summed E-state index contributed by atoms with van der Waals surface area (Å²) in [6.45, 7) is 2.22. The minimum atomic E-state index is -0.0915. The lowest BCUT2D eigenvalue weighted by Gasteiger charge is -2.25. The van der Waals surface area contributed by atoms with Gasteiger partial charge in [-0.05, 0) is 12.1 Å². The van der Waals surface area contributed by atoms with Crippen molar-refractivity contribution < 1.29 is 9.59 Å². The van der Waals surface area contributed by atoms with Crippen molar-refractivity contribution in [1.29, 1.82) is 0 Å². The molecule has 1 aliphatic rings. The highest BCUT2D eigenvalue weighted by atomic mass is 35.5. The van der Waals surface area contributed by atoms with Crippen LogP contribution in [0, 0.1) is 0 Å². The Kier molecular flexibility index (Phi) is 5.44. The largest absolute Gasteiger partial charge is 0.354 e. The number of halogens is 1. The average molecular weight is 365 g/mol. The van der Waals surface area contributed by atoms with E-state index >= 15 is 0 Å². The molecular weight excluding hydrogens is 348 g/mol. The molecule has 0 spiro atoms. The van der Waals surface area contributed by atoms with E-state index in [2.05, 4.69) is 15.6 Å². The first-order valence-electron chi connectivity index (χ1n) is 7.56. The Hall–Kier alpha value is -1.96. The fourth-order valence-electron chi connectivity index (χ4n) is 2.39. The van der Waals surface area contributed by atoms with Gasteiger partial charge < -0.3 is 10.6 Å². The van der Waals surface area contributed by atoms with E-state index in [9.17, 15) is 9.59 Å². The molecule has 1 fully saturated rings. The Bertz CT molecular complexity index is 732. The van der Waals surface area contributed by atoms with Crippen molar-refractivity contribution in [3.8, 4) is 10.6 Å². The number of carbonyl (C=O) groups is 2. The van der Waals surface area contributed by atoms with Crippen LogP contribution < -0.4 is 10.6 Å². The van der Waals surface area contributed by atoms with Crippen molar-refractivity contribution in [3.63, 3.8) is 0 Å². The highest BCUT2D eigenvalue weighted by Gasteiger charge is 2.18. The summed E-state index contributed by atoms with van der Waals surface area (Å²) < 4.78 is 0. The number of hydrogen-bond donors (Lipinski definition) is 2. The zero-order chi connectivity index (χ0) is 16.9. The lowest BCUT2D eigenvalue weighted by atomic mass is 10.2. The molecule has 1 aromatic carbocycles. The van der Waals surface area contributed by atoms with Crippen LogP contribution in [0.1, 0.15) is 4.88 Å². The number of benzene rings is 1. The van der Waals surface area contributed by atoms with Gasteiger partial charge in [-0.15, -0.1) is 11.3 Å². The number of rotatable bonds is 5. The molecule has 0 radical (unpaired) electrons. The van der Waals surface area contributed by atoms with Crippen LogP contribution in [0.4, 0.5) is 0 Å². The van der Waals surface area contributed by atoms with Crippen molar-refractivity contribution in [1.82, 2.24) is 20.5 Å². The Labute approximate surface area is 148 Å². The highest BCUT2D eigenvalue weighted by molar-refractivity contribution is 7.15. The lowest BCUT2D eigenvalue weighted by molar-refractivity contribution is -0.127. The van der Waals surface area contributed by atoms with Crippen LogP contribution in [0.5, 0.6) is 0 Å². The van der Waals surface area contributed by atoms with Gasteiger partial charge in [-0.3, -0.25) is 14.5 Å². The summed E-state index contributed by atoms with van der Waals surface area (Å²) in [4.78, 5) is 30.5. The van der Waals surface area contributed by atoms with Crippen LogP contribution in [0.25, 0.3) is 10.6 Å². The van der Waals surface area contributed by atoms with Crippen LogP contribution in [-0.2, 0) is 16.1 Å². The molecule has 24 heavy (non-hydrogen) atoms. The molecule has 6 nitrogen and oxygen atoms in total. The standard InChI is InChI=1S/C16H17ClN4O2S/c17-12-3-1-11(2-4-12)16-20-8-13(24-16)7-19-15(23)10-21-6-5-18-14(22)9-21/h1-4,8H,5-7,9-10H2,(H,18,22)(H,19,23). The van der Waals surface area contributed by atoms with E-state index in [-0.39, 0.29) is 24.9 Å². The van der Waals surface area contributed by atoms with Gasteiger partial charge in [0.25, 0.3) is 0 Å². The summed E-state index contributed by atoms with van der Waals surface area (Å²) in [7, 11) is 0. The number of piperazine rings is 1. The molecule has 8 heteroatoms. The van der Waals surface area contributed by atoms with Crippen molar-refractivity contribution in [2.75, 3.05) is 26.2 Å². The van der Waals surface area contributed by atoms with Crippen LogP contribution in [0.2, 0.25) is 5.02 Å². The molecule has 2 N–H and O–H groups in total. The molecule has 126 valence electrons. The first-order chi connectivity index (χ1) is 11.6. The Morgan fingerprint density at radius 2 is 2.17 bits per heavy atom. The van der Waals surface area contributed by atoms with Gasteiger partial charge >= 0.3 is 0 Å². The SMILES string of the molecule is O=C1CN(CC(=O)NCc2cnc(-c3ccc(Cl)cc3)s2)CCN1. The second-order valence-electron chi connectivity index (χ2n) is 5.48. The molecule has 2 aromatic rings. The molecule has 0 bridgehead atoms. The molecule has 0 aliphatic carbocycles. The highest BCUT2D eigenvalue weighted by Crippen LogP contribution is 2.26. The number of carbonyl (C=O) groups excluding carboxylic acids is 2. The maximum Gasteiger partial charge on any atom is 0.234 e. The van der Waals surface area contributed by atoms with Crippen LogP contribution in [0.3, 0.4) is 0 Å². The molecule has 2 amide bonds. The fourth-order valence-corrected chi connectivity index (χ4v) is 3.37. The van der Waals surface area contributed by atoms with E-state index in [1.54, 1.807) is 6.20 Å². The number of aromatic nitrogens is 1. The van der Waals surface area contributed by atoms with Crippen molar-refractivity contribution in [2.45, 2.75) is 6.54 Å². The molecular formula is C16H17ClN4O2S. The Balaban J connectivity index is 1.50. The van der Waals surface area contributed by atoms with E-state index in [0.717, 1.165) is 15.4 Å². The van der Waals surface area contributed by atoms with E-state index in [0.29, 0.717) is 24.7 Å². The van der Waals surface area contributed by atoms with E-state index in [4.69, 9.17) is 11.6 Å². The number of nitrogens with one attached hydrogen (secondary N) is 2. The maximum atomic E-state index is 12.0. The fraction of sp³-hybridized carbons (Fsp3) is 0.312. The Morgan fingerprint density at radius 3 is 2.92 bits per heavy atom. The van der Waals surface area contributed by atoms with Gasteiger partial charge in [0, 0.05) is 34.7 Å². The van der Waals surface area contributed by atoms with Crippen molar-refractivity contribution in [3.05, 3.63) is 40.4 Å². The minimum absolute atomic E-state index is 0.0379. The molecule has 1 aliphatic heterocycles. The summed E-state index contributed by atoms with van der Waals surface area (Å²) in [5.74, 6) is -0.129. The van der Waals surface area contributed by atoms with Gasteiger partial charge in [-0.25, -0.2) is 4.98 Å². The molecule has 0 saturated carbocycles. The minimum Gasteiger partial charge on any atom is -0.354 e. The van der Waals surface area contributed by atoms with E-state index in [1.807, 2.05) is 29.2 Å². The summed E-state index contributed by atoms with van der Waals surface area (Å²) in [5.41, 5.74) is 1.00. The van der Waals surface area contributed by atoms with Gasteiger partial charge in [-0.1, -0.05) is 23.7 Å². The van der Waals surface area contributed by atoms with Crippen molar-refractivity contribution >= 4 is 34.8 Å². The van der Waals surface area contributed by atoms with Gasteiger partial charge in [0.1, 0.15) is 5.01 Å². The van der Waals surface area contributed by atoms with Crippen LogP contribution in [-0.4, -0.2) is 47.9 Å². The van der Waals surface area contributed by atoms with Crippen LogP contribution >= 0.6 is 22.9 Å². The summed E-state index contributed by atoms with van der Waals surface area (Å²) in [6.07, 6.45) is 1.77. The third-order valence-electron chi connectivity index (χ3n) is 3.59. The van der Waals surface area contributed by atoms with Gasteiger partial charge in [0.2, 0.25) is 11.8 Å². The zero-order valence-electron chi connectivity index (χ0n) is 12.9. The second kappa shape index (κ2) is 7.74. The zero-order valence-corrected chi connectivity index (χ0v) is 14.5.